The number of aromatic nitrogens is 4. The summed E-state index contributed by atoms with van der Waals surface area (Å²) in [4.78, 5) is 0. The van der Waals surface area contributed by atoms with E-state index in [0.29, 0.717) is 11.5 Å². The molecule has 1 aromatic heterocycles. The van der Waals surface area contributed by atoms with Crippen LogP contribution in [0, 0.1) is 12.3 Å². The molecule has 1 heterocycles. The molecule has 0 saturated heterocycles. The number of anilines is 1. The summed E-state index contributed by atoms with van der Waals surface area (Å²) in [6, 6.07) is 6.96. The molecule has 5 nitrogen and oxygen atoms in total. The molecule has 2 aromatic rings. The largest absolute Gasteiger partial charge is 0.382 e. The lowest BCUT2D eigenvalue weighted by atomic mass is 9.75. The second-order valence-electron chi connectivity index (χ2n) is 6.84. The molecule has 21 heavy (non-hydrogen) atoms. The van der Waals surface area contributed by atoms with Crippen LogP contribution in [0.3, 0.4) is 0 Å². The first-order chi connectivity index (χ1) is 10.0. The van der Waals surface area contributed by atoms with Gasteiger partial charge in [0, 0.05) is 11.7 Å². The van der Waals surface area contributed by atoms with Crippen LogP contribution in [0.1, 0.15) is 45.1 Å². The fraction of sp³-hybridized carbons (Fsp3) is 0.562. The highest BCUT2D eigenvalue weighted by molar-refractivity contribution is 5.53. The quantitative estimate of drug-likeness (QED) is 0.939. The second kappa shape index (κ2) is 5.47. The fourth-order valence-corrected chi connectivity index (χ4v) is 3.05. The standard InChI is InChI=1S/C16H23N5/c1-12-10-14(4-5-15(12)21-11-17-19-20-21)18-13-6-8-16(2,3)9-7-13/h4-5,10-11,13,18H,6-9H2,1-3H3. The summed E-state index contributed by atoms with van der Waals surface area (Å²) >= 11 is 0. The summed E-state index contributed by atoms with van der Waals surface area (Å²) in [5.74, 6) is 0. The molecule has 1 N–H and O–H groups in total. The molecular weight excluding hydrogens is 262 g/mol. The summed E-state index contributed by atoms with van der Waals surface area (Å²) in [5.41, 5.74) is 3.89. The molecule has 112 valence electrons. The number of hydrogen-bond acceptors (Lipinski definition) is 4. The first-order valence-electron chi connectivity index (χ1n) is 7.64. The van der Waals surface area contributed by atoms with Gasteiger partial charge >= 0.3 is 0 Å². The van der Waals surface area contributed by atoms with E-state index < -0.39 is 0 Å². The van der Waals surface area contributed by atoms with Gasteiger partial charge in [0.1, 0.15) is 6.33 Å². The third-order valence-corrected chi connectivity index (χ3v) is 4.50. The number of rotatable bonds is 3. The third kappa shape index (κ3) is 3.23. The maximum absolute atomic E-state index is 3.94. The van der Waals surface area contributed by atoms with Crippen molar-refractivity contribution in [1.29, 1.82) is 0 Å². The van der Waals surface area contributed by atoms with Crippen molar-refractivity contribution in [2.75, 3.05) is 5.32 Å². The van der Waals surface area contributed by atoms with Crippen molar-refractivity contribution in [1.82, 2.24) is 20.2 Å². The summed E-state index contributed by atoms with van der Waals surface area (Å²) in [5, 5.41) is 15.0. The highest BCUT2D eigenvalue weighted by atomic mass is 15.5. The van der Waals surface area contributed by atoms with Crippen LogP contribution in [-0.2, 0) is 0 Å². The predicted molar refractivity (Wildman–Crippen MR) is 83.6 cm³/mol. The number of hydrogen-bond donors (Lipinski definition) is 1. The van der Waals surface area contributed by atoms with Crippen LogP contribution in [0.5, 0.6) is 0 Å². The van der Waals surface area contributed by atoms with Gasteiger partial charge in [-0.3, -0.25) is 0 Å². The van der Waals surface area contributed by atoms with E-state index in [4.69, 9.17) is 0 Å². The Kier molecular flexibility index (Phi) is 3.66. The molecule has 0 bridgehead atoms. The molecule has 0 spiro atoms. The maximum Gasteiger partial charge on any atom is 0.143 e. The summed E-state index contributed by atoms with van der Waals surface area (Å²) in [6.07, 6.45) is 6.72. The molecular formula is C16H23N5. The number of benzene rings is 1. The van der Waals surface area contributed by atoms with Gasteiger partial charge in [-0.05, 0) is 72.2 Å². The van der Waals surface area contributed by atoms with Crippen molar-refractivity contribution >= 4 is 5.69 Å². The van der Waals surface area contributed by atoms with Gasteiger partial charge in [0.25, 0.3) is 0 Å². The van der Waals surface area contributed by atoms with Crippen LogP contribution in [0.15, 0.2) is 24.5 Å². The smallest absolute Gasteiger partial charge is 0.143 e. The van der Waals surface area contributed by atoms with Gasteiger partial charge in [-0.15, -0.1) is 5.10 Å². The summed E-state index contributed by atoms with van der Waals surface area (Å²) < 4.78 is 1.70. The molecule has 0 amide bonds. The molecule has 1 aliphatic carbocycles. The van der Waals surface area contributed by atoms with E-state index in [1.165, 1.54) is 36.9 Å². The number of aryl methyl sites for hydroxylation is 1. The SMILES string of the molecule is Cc1cc(NC2CCC(C)(C)CC2)ccc1-n1cnnn1. The number of nitrogens with one attached hydrogen (secondary N) is 1. The van der Waals surface area contributed by atoms with E-state index in [-0.39, 0.29) is 0 Å². The number of tetrazole rings is 1. The van der Waals surface area contributed by atoms with Crippen LogP contribution < -0.4 is 5.32 Å². The van der Waals surface area contributed by atoms with E-state index in [0.717, 1.165) is 5.69 Å². The van der Waals surface area contributed by atoms with Crippen molar-refractivity contribution in [3.63, 3.8) is 0 Å². The van der Waals surface area contributed by atoms with E-state index in [2.05, 4.69) is 59.8 Å². The topological polar surface area (TPSA) is 55.6 Å². The maximum atomic E-state index is 3.94. The van der Waals surface area contributed by atoms with E-state index >= 15 is 0 Å². The Morgan fingerprint density at radius 3 is 2.62 bits per heavy atom. The third-order valence-electron chi connectivity index (χ3n) is 4.50. The minimum Gasteiger partial charge on any atom is -0.382 e. The van der Waals surface area contributed by atoms with Crippen LogP contribution in [0.4, 0.5) is 5.69 Å². The van der Waals surface area contributed by atoms with Crippen LogP contribution in [-0.4, -0.2) is 26.2 Å². The lowest BCUT2D eigenvalue weighted by Crippen LogP contribution is -2.29. The van der Waals surface area contributed by atoms with E-state index in [1.54, 1.807) is 11.0 Å². The van der Waals surface area contributed by atoms with Crippen molar-refractivity contribution in [2.24, 2.45) is 5.41 Å². The zero-order chi connectivity index (χ0) is 14.9. The van der Waals surface area contributed by atoms with Crippen molar-refractivity contribution in [3.8, 4) is 5.69 Å². The van der Waals surface area contributed by atoms with Gasteiger partial charge in [-0.25, -0.2) is 4.68 Å². The highest BCUT2D eigenvalue weighted by Gasteiger charge is 2.26. The van der Waals surface area contributed by atoms with Crippen LogP contribution in [0.2, 0.25) is 0 Å². The van der Waals surface area contributed by atoms with Crippen LogP contribution >= 0.6 is 0 Å². The Hall–Kier alpha value is -1.91. The monoisotopic (exact) mass is 285 g/mol. The average Bonchev–Trinajstić information content (AvgIpc) is 2.95. The highest BCUT2D eigenvalue weighted by Crippen LogP contribution is 2.36. The van der Waals surface area contributed by atoms with Gasteiger partial charge in [-0.1, -0.05) is 13.8 Å². The Labute approximate surface area is 125 Å². The van der Waals surface area contributed by atoms with Gasteiger partial charge in [0.05, 0.1) is 5.69 Å². The van der Waals surface area contributed by atoms with E-state index in [1.807, 2.05) is 0 Å². The molecule has 0 aliphatic heterocycles. The molecule has 1 fully saturated rings. The molecule has 0 atom stereocenters. The minimum atomic E-state index is 0.512. The van der Waals surface area contributed by atoms with Gasteiger partial charge in [-0.2, -0.15) is 0 Å². The first kappa shape index (κ1) is 14.0. The molecule has 0 unspecified atom stereocenters. The van der Waals surface area contributed by atoms with Gasteiger partial charge < -0.3 is 5.32 Å². The molecule has 1 aromatic carbocycles. The van der Waals surface area contributed by atoms with E-state index in [9.17, 15) is 0 Å². The molecule has 1 saturated carbocycles. The van der Waals surface area contributed by atoms with Gasteiger partial charge in [0.2, 0.25) is 0 Å². The molecule has 1 aliphatic rings. The molecule has 0 radical (unpaired) electrons. The predicted octanol–water partition coefficient (Wildman–Crippen LogP) is 3.35. The molecule has 3 rings (SSSR count). The second-order valence-corrected chi connectivity index (χ2v) is 6.84. The lowest BCUT2D eigenvalue weighted by molar-refractivity contribution is 0.232. The minimum absolute atomic E-state index is 0.512. The molecule has 5 heteroatoms. The Morgan fingerprint density at radius 1 is 1.24 bits per heavy atom. The zero-order valence-electron chi connectivity index (χ0n) is 13.0. The zero-order valence-corrected chi connectivity index (χ0v) is 13.0. The van der Waals surface area contributed by atoms with Crippen molar-refractivity contribution < 1.29 is 0 Å². The normalized spacial score (nSPS) is 18.6. The lowest BCUT2D eigenvalue weighted by Gasteiger charge is -2.35. The van der Waals surface area contributed by atoms with Crippen molar-refractivity contribution in [2.45, 2.75) is 52.5 Å². The first-order valence-corrected chi connectivity index (χ1v) is 7.64. The van der Waals surface area contributed by atoms with Gasteiger partial charge in [0.15, 0.2) is 0 Å². The Bertz CT molecular complexity index is 593. The Balaban J connectivity index is 1.69. The Morgan fingerprint density at radius 2 is 2.00 bits per heavy atom. The van der Waals surface area contributed by atoms with Crippen LogP contribution in [0.25, 0.3) is 5.69 Å². The average molecular weight is 285 g/mol. The van der Waals surface area contributed by atoms with Crippen molar-refractivity contribution in [3.05, 3.63) is 30.1 Å². The summed E-state index contributed by atoms with van der Waals surface area (Å²) in [6.45, 7) is 6.83. The summed E-state index contributed by atoms with van der Waals surface area (Å²) in [7, 11) is 0. The fourth-order valence-electron chi connectivity index (χ4n) is 3.05. The number of nitrogens with zero attached hydrogens (tertiary/aromatic N) is 4.